The van der Waals surface area contributed by atoms with Gasteiger partial charge >= 0.3 is 5.97 Å². The molecule has 0 atom stereocenters. The van der Waals surface area contributed by atoms with Crippen LogP contribution in [0, 0.1) is 13.8 Å². The lowest BCUT2D eigenvalue weighted by molar-refractivity contribution is 0.0697. The van der Waals surface area contributed by atoms with Crippen LogP contribution < -0.4 is 10.1 Å². The van der Waals surface area contributed by atoms with E-state index in [1.165, 1.54) is 5.56 Å². The summed E-state index contributed by atoms with van der Waals surface area (Å²) in [5.41, 5.74) is 5.38. The molecule has 0 fully saturated rings. The van der Waals surface area contributed by atoms with Gasteiger partial charge in [0.15, 0.2) is 0 Å². The number of carbonyl (C=O) groups is 1. The molecule has 0 saturated carbocycles. The van der Waals surface area contributed by atoms with Gasteiger partial charge in [-0.3, -0.25) is 0 Å². The highest BCUT2D eigenvalue weighted by atomic mass is 79.9. The van der Waals surface area contributed by atoms with Gasteiger partial charge in [0.2, 0.25) is 0 Å². The first kappa shape index (κ1) is 20.0. The summed E-state index contributed by atoms with van der Waals surface area (Å²) in [5, 5.41) is 12.6. The van der Waals surface area contributed by atoms with E-state index < -0.39 is 5.97 Å². The summed E-state index contributed by atoms with van der Waals surface area (Å²) in [5.74, 6) is -0.140. The van der Waals surface area contributed by atoms with Crippen LogP contribution in [-0.4, -0.2) is 11.1 Å². The van der Waals surface area contributed by atoms with Crippen LogP contribution in [0.5, 0.6) is 5.75 Å². The summed E-state index contributed by atoms with van der Waals surface area (Å²) in [6, 6.07) is 19.1. The third-order valence-corrected chi connectivity index (χ3v) is 5.11. The molecule has 144 valence electrons. The maximum atomic E-state index is 11.2. The molecule has 0 spiro atoms. The molecule has 0 heterocycles. The molecule has 4 nitrogen and oxygen atoms in total. The fraction of sp³-hybridized carbons (Fsp3) is 0.174. The molecule has 0 aliphatic heterocycles. The molecular formula is C23H22BrNO3. The Hall–Kier alpha value is -2.79. The topological polar surface area (TPSA) is 58.6 Å². The van der Waals surface area contributed by atoms with Gasteiger partial charge < -0.3 is 15.2 Å². The summed E-state index contributed by atoms with van der Waals surface area (Å²) in [6.45, 7) is 5.03. The van der Waals surface area contributed by atoms with Gasteiger partial charge in [0, 0.05) is 22.3 Å². The minimum absolute atomic E-state index is 0.262. The van der Waals surface area contributed by atoms with Crippen molar-refractivity contribution in [3.05, 3.63) is 93.0 Å². The predicted octanol–water partition coefficient (Wildman–Crippen LogP) is 5.96. The van der Waals surface area contributed by atoms with Gasteiger partial charge in [-0.15, -0.1) is 0 Å². The van der Waals surface area contributed by atoms with E-state index in [0.717, 1.165) is 32.6 Å². The Labute approximate surface area is 173 Å². The van der Waals surface area contributed by atoms with Crippen LogP contribution in [0.15, 0.2) is 65.1 Å². The lowest BCUT2D eigenvalue weighted by atomic mass is 10.1. The second-order valence-corrected chi connectivity index (χ2v) is 7.57. The van der Waals surface area contributed by atoms with Crippen LogP contribution in [-0.2, 0) is 13.2 Å². The largest absolute Gasteiger partial charge is 0.489 e. The standard InChI is InChI=1S/C23H22BrNO3/c1-15-5-3-4-6-18(15)14-28-22-10-9-20(24)11-19(22)13-25-21-12-17(23(26)27)8-7-16(21)2/h3-12,25H,13-14H2,1-2H3,(H,26,27). The third-order valence-electron chi connectivity index (χ3n) is 4.62. The van der Waals surface area contributed by atoms with Gasteiger partial charge in [0.25, 0.3) is 0 Å². The molecule has 0 amide bonds. The number of hydrogen-bond acceptors (Lipinski definition) is 3. The monoisotopic (exact) mass is 439 g/mol. The summed E-state index contributed by atoms with van der Waals surface area (Å²) in [4.78, 5) is 11.2. The maximum absolute atomic E-state index is 11.2. The number of hydrogen-bond donors (Lipinski definition) is 2. The van der Waals surface area contributed by atoms with E-state index in [1.807, 2.05) is 43.3 Å². The van der Waals surface area contributed by atoms with Crippen molar-refractivity contribution in [2.24, 2.45) is 0 Å². The Morgan fingerprint density at radius 2 is 1.79 bits per heavy atom. The van der Waals surface area contributed by atoms with Crippen molar-refractivity contribution in [2.75, 3.05) is 5.32 Å². The van der Waals surface area contributed by atoms with Gasteiger partial charge in [-0.2, -0.15) is 0 Å². The minimum atomic E-state index is -0.937. The summed E-state index contributed by atoms with van der Waals surface area (Å²) in [6.07, 6.45) is 0. The van der Waals surface area contributed by atoms with Crippen LogP contribution >= 0.6 is 15.9 Å². The summed E-state index contributed by atoms with van der Waals surface area (Å²) >= 11 is 3.51. The Morgan fingerprint density at radius 3 is 2.54 bits per heavy atom. The highest BCUT2D eigenvalue weighted by Crippen LogP contribution is 2.26. The number of nitrogens with one attached hydrogen (secondary N) is 1. The van der Waals surface area contributed by atoms with Gasteiger partial charge in [0.1, 0.15) is 12.4 Å². The molecular weight excluding hydrogens is 418 g/mol. The molecule has 0 aromatic heterocycles. The average Bonchev–Trinajstić information content (AvgIpc) is 2.67. The van der Waals surface area contributed by atoms with Crippen LogP contribution in [0.3, 0.4) is 0 Å². The molecule has 28 heavy (non-hydrogen) atoms. The highest BCUT2D eigenvalue weighted by Gasteiger charge is 2.09. The van der Waals surface area contributed by atoms with E-state index in [1.54, 1.807) is 12.1 Å². The Kier molecular flexibility index (Phi) is 6.37. The van der Waals surface area contributed by atoms with Gasteiger partial charge in [0.05, 0.1) is 5.56 Å². The number of benzene rings is 3. The first-order chi connectivity index (χ1) is 13.4. The summed E-state index contributed by atoms with van der Waals surface area (Å²) in [7, 11) is 0. The normalized spacial score (nSPS) is 10.5. The van der Waals surface area contributed by atoms with Crippen LogP contribution in [0.1, 0.15) is 32.6 Å². The van der Waals surface area contributed by atoms with Crippen molar-refractivity contribution in [1.82, 2.24) is 0 Å². The number of carboxylic acids is 1. The Balaban J connectivity index is 1.77. The fourth-order valence-electron chi connectivity index (χ4n) is 2.89. The predicted molar refractivity (Wildman–Crippen MR) is 115 cm³/mol. The molecule has 0 bridgehead atoms. The van der Waals surface area contributed by atoms with Gasteiger partial charge in [-0.25, -0.2) is 4.79 Å². The van der Waals surface area contributed by atoms with Gasteiger partial charge in [-0.1, -0.05) is 46.3 Å². The van der Waals surface area contributed by atoms with E-state index in [2.05, 4.69) is 40.3 Å². The first-order valence-corrected chi connectivity index (χ1v) is 9.77. The smallest absolute Gasteiger partial charge is 0.335 e. The van der Waals surface area contributed by atoms with Crippen molar-refractivity contribution in [1.29, 1.82) is 0 Å². The molecule has 0 unspecified atom stereocenters. The second kappa shape index (κ2) is 8.93. The molecule has 5 heteroatoms. The second-order valence-electron chi connectivity index (χ2n) is 6.66. The van der Waals surface area contributed by atoms with E-state index in [-0.39, 0.29) is 5.56 Å². The number of halogens is 1. The van der Waals surface area contributed by atoms with Gasteiger partial charge in [-0.05, 0) is 60.9 Å². The number of aryl methyl sites for hydroxylation is 2. The number of anilines is 1. The SMILES string of the molecule is Cc1ccccc1COc1ccc(Br)cc1CNc1cc(C(=O)O)ccc1C. The quantitative estimate of drug-likeness (QED) is 0.476. The third kappa shape index (κ3) is 4.93. The van der Waals surface area contributed by atoms with Crippen molar-refractivity contribution in [3.63, 3.8) is 0 Å². The Morgan fingerprint density at radius 1 is 1.00 bits per heavy atom. The highest BCUT2D eigenvalue weighted by molar-refractivity contribution is 9.10. The summed E-state index contributed by atoms with van der Waals surface area (Å²) < 4.78 is 7.05. The van der Waals surface area contributed by atoms with Crippen molar-refractivity contribution in [2.45, 2.75) is 27.0 Å². The minimum Gasteiger partial charge on any atom is -0.489 e. The zero-order valence-corrected chi connectivity index (χ0v) is 17.4. The zero-order valence-electron chi connectivity index (χ0n) is 15.8. The molecule has 0 radical (unpaired) electrons. The average molecular weight is 440 g/mol. The molecule has 0 aliphatic carbocycles. The molecule has 0 saturated heterocycles. The molecule has 2 N–H and O–H groups in total. The van der Waals surface area contributed by atoms with E-state index in [0.29, 0.717) is 13.2 Å². The first-order valence-electron chi connectivity index (χ1n) is 8.97. The number of carboxylic acid groups (broad SMARTS) is 1. The number of ether oxygens (including phenoxy) is 1. The van der Waals surface area contributed by atoms with Crippen LogP contribution in [0.4, 0.5) is 5.69 Å². The van der Waals surface area contributed by atoms with Crippen molar-refractivity contribution in [3.8, 4) is 5.75 Å². The zero-order chi connectivity index (χ0) is 20.1. The molecule has 3 aromatic rings. The lowest BCUT2D eigenvalue weighted by Crippen LogP contribution is -2.06. The van der Waals surface area contributed by atoms with E-state index in [4.69, 9.17) is 4.74 Å². The number of aromatic carboxylic acids is 1. The molecule has 3 rings (SSSR count). The molecule has 0 aliphatic rings. The fourth-order valence-corrected chi connectivity index (χ4v) is 3.30. The van der Waals surface area contributed by atoms with E-state index >= 15 is 0 Å². The van der Waals surface area contributed by atoms with E-state index in [9.17, 15) is 9.90 Å². The van der Waals surface area contributed by atoms with Crippen LogP contribution in [0.2, 0.25) is 0 Å². The lowest BCUT2D eigenvalue weighted by Gasteiger charge is -2.15. The number of rotatable bonds is 7. The maximum Gasteiger partial charge on any atom is 0.335 e. The van der Waals surface area contributed by atoms with Crippen LogP contribution in [0.25, 0.3) is 0 Å². The Bertz CT molecular complexity index is 1000. The van der Waals surface area contributed by atoms with Crippen molar-refractivity contribution >= 4 is 27.6 Å². The van der Waals surface area contributed by atoms with Crippen molar-refractivity contribution < 1.29 is 14.6 Å². The molecule has 3 aromatic carbocycles.